The molecule has 1 heterocycles. The van der Waals surface area contributed by atoms with E-state index in [0.29, 0.717) is 24.2 Å². The number of hydrogen-bond donors (Lipinski definition) is 0. The van der Waals surface area contributed by atoms with Gasteiger partial charge in [0.25, 0.3) is 0 Å². The van der Waals surface area contributed by atoms with Crippen molar-refractivity contribution >= 4 is 28.4 Å². The van der Waals surface area contributed by atoms with E-state index >= 15 is 0 Å². The van der Waals surface area contributed by atoms with E-state index in [1.165, 1.54) is 0 Å². The number of ketones is 1. The predicted molar refractivity (Wildman–Crippen MR) is 148 cm³/mol. The fourth-order valence-electron chi connectivity index (χ4n) is 4.46. The summed E-state index contributed by atoms with van der Waals surface area (Å²) in [5.74, 6) is 0.0611. The maximum atomic E-state index is 12.2. The summed E-state index contributed by atoms with van der Waals surface area (Å²) < 4.78 is 26.7. The van der Waals surface area contributed by atoms with Gasteiger partial charge in [-0.2, -0.15) is 0 Å². The molecule has 0 radical (unpaired) electrons. The van der Waals surface area contributed by atoms with Crippen LogP contribution < -0.4 is 0 Å². The molecule has 1 fully saturated rings. The monoisotopic (exact) mass is 600 g/mol. The molecule has 4 rings (SSSR count). The fraction of sp³-hybridized carbons (Fsp3) is 0.367. The average molecular weight is 600 g/mol. The molecule has 0 bridgehead atoms. The van der Waals surface area contributed by atoms with Crippen LogP contribution in [0.15, 0.2) is 91.0 Å². The summed E-state index contributed by atoms with van der Waals surface area (Å²) in [6, 6.07) is 30.2. The van der Waals surface area contributed by atoms with Gasteiger partial charge in [-0.15, -0.1) is 0 Å². The van der Waals surface area contributed by atoms with Crippen molar-refractivity contribution in [3.05, 3.63) is 108 Å². The van der Waals surface area contributed by atoms with Crippen molar-refractivity contribution in [3.8, 4) is 0 Å². The Hall–Kier alpha value is -2.10. The van der Waals surface area contributed by atoms with E-state index < -0.39 is 18.3 Å². The highest BCUT2D eigenvalue weighted by Gasteiger charge is 2.48. The first-order valence-electron chi connectivity index (χ1n) is 12.3. The Bertz CT molecular complexity index is 1050. The van der Waals surface area contributed by atoms with Crippen molar-refractivity contribution in [2.45, 2.75) is 63.7 Å². The first-order chi connectivity index (χ1) is 17.6. The molecule has 5 nitrogen and oxygen atoms in total. The van der Waals surface area contributed by atoms with Gasteiger partial charge in [0.15, 0.2) is 0 Å². The van der Waals surface area contributed by atoms with E-state index in [1.807, 2.05) is 91.0 Å². The fourth-order valence-corrected chi connectivity index (χ4v) is 5.16. The number of rotatable bonds is 12. The van der Waals surface area contributed by atoms with Crippen molar-refractivity contribution in [2.24, 2.45) is 0 Å². The number of hydrogen-bond acceptors (Lipinski definition) is 5. The van der Waals surface area contributed by atoms with Crippen molar-refractivity contribution in [3.63, 3.8) is 0 Å². The molecule has 6 heteroatoms. The third-order valence-electron chi connectivity index (χ3n) is 6.23. The molecule has 0 unspecified atom stereocenters. The van der Waals surface area contributed by atoms with Gasteiger partial charge in [0.1, 0.15) is 24.1 Å². The van der Waals surface area contributed by atoms with E-state index in [-0.39, 0.29) is 24.4 Å². The zero-order valence-electron chi connectivity index (χ0n) is 20.5. The minimum Gasteiger partial charge on any atom is -0.368 e. The molecule has 0 amide bonds. The summed E-state index contributed by atoms with van der Waals surface area (Å²) in [7, 11) is 0. The minimum absolute atomic E-state index is 0.0611. The highest BCUT2D eigenvalue weighted by molar-refractivity contribution is 14.1. The summed E-state index contributed by atoms with van der Waals surface area (Å²) in [4.78, 5) is 12.2. The number of alkyl halides is 1. The normalized spacial score (nSPS) is 23.9. The van der Waals surface area contributed by atoms with Crippen molar-refractivity contribution < 1.29 is 23.7 Å². The first-order valence-corrected chi connectivity index (χ1v) is 13.8. The highest BCUT2D eigenvalue weighted by atomic mass is 127. The van der Waals surface area contributed by atoms with Crippen molar-refractivity contribution in [1.82, 2.24) is 0 Å². The van der Waals surface area contributed by atoms with E-state index in [1.54, 1.807) is 6.92 Å². The number of halogens is 1. The SMILES string of the molecule is CC(=O)C[C@H]1O[C@H](CI)[C@@H](OCc2ccccc2)[C@H](OCc2ccccc2)[C@H]1OCc1ccccc1. The smallest absolute Gasteiger partial charge is 0.132 e. The maximum Gasteiger partial charge on any atom is 0.132 e. The van der Waals surface area contributed by atoms with Crippen LogP contribution in [-0.2, 0) is 43.6 Å². The number of carbonyl (C=O) groups excluding carboxylic acids is 1. The van der Waals surface area contributed by atoms with Gasteiger partial charge < -0.3 is 18.9 Å². The predicted octanol–water partition coefficient (Wildman–Crippen LogP) is 5.92. The molecule has 0 aliphatic carbocycles. The summed E-state index contributed by atoms with van der Waals surface area (Å²) >= 11 is 2.32. The van der Waals surface area contributed by atoms with Gasteiger partial charge in [-0.1, -0.05) is 114 Å². The minimum atomic E-state index is -0.460. The number of Topliss-reactive ketones (excluding diaryl/α,β-unsaturated/α-hetero) is 1. The van der Waals surface area contributed by atoms with Gasteiger partial charge in [0.2, 0.25) is 0 Å². The van der Waals surface area contributed by atoms with Crippen LogP contribution in [0.2, 0.25) is 0 Å². The molecule has 0 saturated carbocycles. The van der Waals surface area contributed by atoms with Crippen LogP contribution in [0.25, 0.3) is 0 Å². The number of benzene rings is 3. The second-order valence-electron chi connectivity index (χ2n) is 9.06. The Morgan fingerprint density at radius 3 is 1.44 bits per heavy atom. The molecule has 5 atom stereocenters. The molecule has 0 aromatic heterocycles. The molecule has 1 aliphatic rings. The lowest BCUT2D eigenvalue weighted by atomic mass is 9.92. The van der Waals surface area contributed by atoms with E-state index in [0.717, 1.165) is 16.7 Å². The molecule has 0 spiro atoms. The van der Waals surface area contributed by atoms with Crippen molar-refractivity contribution in [1.29, 1.82) is 0 Å². The quantitative estimate of drug-likeness (QED) is 0.191. The Balaban J connectivity index is 1.60. The largest absolute Gasteiger partial charge is 0.368 e. The number of ether oxygens (including phenoxy) is 4. The topological polar surface area (TPSA) is 54.0 Å². The highest BCUT2D eigenvalue weighted by Crippen LogP contribution is 2.32. The van der Waals surface area contributed by atoms with Gasteiger partial charge in [-0.25, -0.2) is 0 Å². The average Bonchev–Trinajstić information content (AvgIpc) is 2.91. The van der Waals surface area contributed by atoms with Gasteiger partial charge in [-0.3, -0.25) is 4.79 Å². The lowest BCUT2D eigenvalue weighted by molar-refractivity contribution is -0.259. The molecule has 0 N–H and O–H groups in total. The van der Waals surface area contributed by atoms with Gasteiger partial charge in [0.05, 0.1) is 32.0 Å². The van der Waals surface area contributed by atoms with Gasteiger partial charge in [0, 0.05) is 10.8 Å². The van der Waals surface area contributed by atoms with E-state index in [4.69, 9.17) is 18.9 Å². The maximum absolute atomic E-state index is 12.2. The summed E-state index contributed by atoms with van der Waals surface area (Å²) in [5.41, 5.74) is 3.21. The van der Waals surface area contributed by atoms with Crippen molar-refractivity contribution in [2.75, 3.05) is 4.43 Å². The Labute approximate surface area is 227 Å². The third kappa shape index (κ3) is 7.70. The van der Waals surface area contributed by atoms with Crippen LogP contribution >= 0.6 is 22.6 Å². The van der Waals surface area contributed by atoms with Crippen LogP contribution in [0.3, 0.4) is 0 Å². The number of carbonyl (C=O) groups is 1. The summed E-state index contributed by atoms with van der Waals surface area (Å²) in [5, 5.41) is 0. The summed E-state index contributed by atoms with van der Waals surface area (Å²) in [6.07, 6.45) is -1.59. The van der Waals surface area contributed by atoms with Gasteiger partial charge in [-0.05, 0) is 23.6 Å². The molecule has 1 aliphatic heterocycles. The molecule has 3 aromatic rings. The lowest BCUT2D eigenvalue weighted by Crippen LogP contribution is -2.60. The standard InChI is InChI=1S/C30H33IO5/c1-22(32)17-26-28(33-19-23-11-5-2-6-12-23)30(35-21-25-15-9-4-10-16-25)29(27(18-31)36-26)34-20-24-13-7-3-8-14-24/h2-16,26-30H,17-21H2,1H3/t26-,27-,28+,29-,30-/m1/s1. The van der Waals surface area contributed by atoms with E-state index in [2.05, 4.69) is 22.6 Å². The first kappa shape index (κ1) is 26.9. The van der Waals surface area contributed by atoms with Crippen LogP contribution in [0.1, 0.15) is 30.0 Å². The molecule has 3 aromatic carbocycles. The third-order valence-corrected chi connectivity index (χ3v) is 7.09. The molecule has 1 saturated heterocycles. The van der Waals surface area contributed by atoms with Crippen LogP contribution in [0.4, 0.5) is 0 Å². The molecule has 190 valence electrons. The van der Waals surface area contributed by atoms with Crippen LogP contribution in [-0.4, -0.2) is 40.7 Å². The van der Waals surface area contributed by atoms with Crippen LogP contribution in [0.5, 0.6) is 0 Å². The van der Waals surface area contributed by atoms with Crippen LogP contribution in [0, 0.1) is 0 Å². The molecule has 36 heavy (non-hydrogen) atoms. The Morgan fingerprint density at radius 2 is 1.06 bits per heavy atom. The second kappa shape index (κ2) is 14.0. The zero-order valence-corrected chi connectivity index (χ0v) is 22.7. The Morgan fingerprint density at radius 1 is 0.667 bits per heavy atom. The van der Waals surface area contributed by atoms with E-state index in [9.17, 15) is 4.79 Å². The molecular formula is C30H33IO5. The summed E-state index contributed by atoms with van der Waals surface area (Å²) in [6.45, 7) is 2.85. The molecular weight excluding hydrogens is 567 g/mol. The van der Waals surface area contributed by atoms with Gasteiger partial charge >= 0.3 is 0 Å². The zero-order chi connectivity index (χ0) is 25.2. The lowest BCUT2D eigenvalue weighted by Gasteiger charge is -2.46. The Kier molecular flexibility index (Phi) is 10.5. The second-order valence-corrected chi connectivity index (χ2v) is 9.94.